The first-order valence-electron chi connectivity index (χ1n) is 7.57. The molecule has 1 aromatic carbocycles. The molecule has 0 fully saturated rings. The summed E-state index contributed by atoms with van der Waals surface area (Å²) in [7, 11) is 1.53. The zero-order valence-electron chi connectivity index (χ0n) is 13.4. The molecular formula is C17H16ClN5O2. The van der Waals surface area contributed by atoms with E-state index in [0.29, 0.717) is 23.0 Å². The molecule has 1 unspecified atom stereocenters. The first-order valence-corrected chi connectivity index (χ1v) is 7.95. The molecular weight excluding hydrogens is 342 g/mol. The van der Waals surface area contributed by atoms with E-state index in [1.807, 2.05) is 24.3 Å². The lowest BCUT2D eigenvalue weighted by Crippen LogP contribution is -2.21. The zero-order valence-corrected chi connectivity index (χ0v) is 14.2. The minimum absolute atomic E-state index is 0.231. The third-order valence-corrected chi connectivity index (χ3v) is 3.77. The molecule has 1 atom stereocenters. The average molecular weight is 358 g/mol. The largest absolute Gasteiger partial charge is 0.368 e. The zero-order chi connectivity index (χ0) is 17.8. The summed E-state index contributed by atoms with van der Waals surface area (Å²) in [5, 5.41) is 25.8. The second-order valence-electron chi connectivity index (χ2n) is 5.48. The Kier molecular flexibility index (Phi) is 5.06. The molecule has 0 amide bonds. The fourth-order valence-corrected chi connectivity index (χ4v) is 2.47. The van der Waals surface area contributed by atoms with Crippen LogP contribution in [0.5, 0.6) is 0 Å². The Labute approximate surface area is 148 Å². The topological polar surface area (TPSA) is 92.9 Å². The summed E-state index contributed by atoms with van der Waals surface area (Å²) in [5.41, 5.74) is 1.91. The molecule has 2 aromatic heterocycles. The summed E-state index contributed by atoms with van der Waals surface area (Å²) < 4.78 is 1.18. The molecule has 0 saturated carbocycles. The van der Waals surface area contributed by atoms with Crippen LogP contribution in [0.2, 0.25) is 5.02 Å². The maximum Gasteiger partial charge on any atom is 0.266 e. The second-order valence-corrected chi connectivity index (χ2v) is 5.92. The van der Waals surface area contributed by atoms with Crippen molar-refractivity contribution in [3.05, 3.63) is 80.9 Å². The van der Waals surface area contributed by atoms with Crippen LogP contribution in [-0.2, 0) is 13.5 Å². The number of nitrogens with zero attached hydrogens (tertiary/aromatic N) is 4. The van der Waals surface area contributed by atoms with Crippen molar-refractivity contribution in [2.45, 2.75) is 12.6 Å². The molecule has 0 bridgehead atoms. The van der Waals surface area contributed by atoms with Crippen LogP contribution in [0.4, 0.5) is 5.82 Å². The lowest BCUT2D eigenvalue weighted by atomic mass is 10.1. The van der Waals surface area contributed by atoms with Gasteiger partial charge in [-0.15, -0.1) is 0 Å². The number of benzene rings is 1. The Bertz CT molecular complexity index is 927. The minimum Gasteiger partial charge on any atom is -0.368 e. The van der Waals surface area contributed by atoms with E-state index in [0.717, 1.165) is 11.3 Å². The van der Waals surface area contributed by atoms with Crippen molar-refractivity contribution in [1.29, 1.82) is 0 Å². The Hall–Kier alpha value is -2.77. The highest BCUT2D eigenvalue weighted by Gasteiger charge is 2.11. The van der Waals surface area contributed by atoms with Gasteiger partial charge >= 0.3 is 0 Å². The van der Waals surface area contributed by atoms with Crippen LogP contribution in [0, 0.1) is 0 Å². The van der Waals surface area contributed by atoms with Gasteiger partial charge in [0.05, 0.1) is 5.69 Å². The number of aromatic nitrogens is 4. The Morgan fingerprint density at radius 1 is 1.20 bits per heavy atom. The summed E-state index contributed by atoms with van der Waals surface area (Å²) >= 11 is 5.97. The normalized spacial score (nSPS) is 12.0. The minimum atomic E-state index is -1.09. The lowest BCUT2D eigenvalue weighted by molar-refractivity contribution is 0.201. The molecule has 3 rings (SSSR count). The summed E-state index contributed by atoms with van der Waals surface area (Å²) in [6, 6.07) is 13.9. The molecule has 0 aliphatic heterocycles. The van der Waals surface area contributed by atoms with Crippen LogP contribution in [0.25, 0.3) is 0 Å². The van der Waals surface area contributed by atoms with Gasteiger partial charge in [-0.1, -0.05) is 23.7 Å². The standard InChI is InChI=1S/C17H16ClN5O2/c1-23-16(24)8-7-15(22-23)19-17(25)14-6-5-13(20-21-14)10-11-3-2-4-12(18)9-11/h2-9,17,25H,10H2,1H3,(H,19,22). The molecule has 2 N–H and O–H groups in total. The molecule has 3 aromatic rings. The van der Waals surface area contributed by atoms with Gasteiger partial charge in [-0.2, -0.15) is 15.3 Å². The summed E-state index contributed by atoms with van der Waals surface area (Å²) in [5.74, 6) is 0.361. The molecule has 0 aliphatic rings. The number of anilines is 1. The van der Waals surface area contributed by atoms with E-state index in [2.05, 4.69) is 20.6 Å². The van der Waals surface area contributed by atoms with Crippen LogP contribution in [0.3, 0.4) is 0 Å². The lowest BCUT2D eigenvalue weighted by Gasteiger charge is -2.13. The molecule has 128 valence electrons. The van der Waals surface area contributed by atoms with Crippen molar-refractivity contribution in [2.75, 3.05) is 5.32 Å². The molecule has 0 saturated heterocycles. The Morgan fingerprint density at radius 3 is 2.72 bits per heavy atom. The first-order chi connectivity index (χ1) is 12.0. The maximum absolute atomic E-state index is 11.3. The van der Waals surface area contributed by atoms with Crippen molar-refractivity contribution < 1.29 is 5.11 Å². The third-order valence-electron chi connectivity index (χ3n) is 3.54. The molecule has 2 heterocycles. The smallest absolute Gasteiger partial charge is 0.266 e. The second kappa shape index (κ2) is 7.42. The van der Waals surface area contributed by atoms with E-state index in [1.54, 1.807) is 12.1 Å². The maximum atomic E-state index is 11.3. The van der Waals surface area contributed by atoms with Gasteiger partial charge < -0.3 is 10.4 Å². The van der Waals surface area contributed by atoms with Crippen LogP contribution in [0.15, 0.2) is 53.3 Å². The molecule has 7 nitrogen and oxygen atoms in total. The summed E-state index contributed by atoms with van der Waals surface area (Å²) in [4.78, 5) is 11.3. The Balaban J connectivity index is 1.68. The third kappa shape index (κ3) is 4.40. The molecule has 0 spiro atoms. The number of aryl methyl sites for hydroxylation is 1. The van der Waals surface area contributed by atoms with Crippen molar-refractivity contribution >= 4 is 17.4 Å². The highest BCUT2D eigenvalue weighted by molar-refractivity contribution is 6.30. The van der Waals surface area contributed by atoms with Gasteiger partial charge in [0.2, 0.25) is 0 Å². The van der Waals surface area contributed by atoms with Crippen LogP contribution in [-0.4, -0.2) is 25.1 Å². The van der Waals surface area contributed by atoms with E-state index in [4.69, 9.17) is 11.6 Å². The van der Waals surface area contributed by atoms with Gasteiger partial charge in [0.15, 0.2) is 6.23 Å². The quantitative estimate of drug-likeness (QED) is 0.678. The highest BCUT2D eigenvalue weighted by Crippen LogP contribution is 2.15. The van der Waals surface area contributed by atoms with Gasteiger partial charge in [0, 0.05) is 24.6 Å². The predicted molar refractivity (Wildman–Crippen MR) is 94.4 cm³/mol. The van der Waals surface area contributed by atoms with E-state index in [-0.39, 0.29) is 5.56 Å². The van der Waals surface area contributed by atoms with Gasteiger partial charge in [0.1, 0.15) is 11.5 Å². The number of rotatable bonds is 5. The number of aliphatic hydroxyl groups is 1. The van der Waals surface area contributed by atoms with Crippen molar-refractivity contribution in [3.8, 4) is 0 Å². The number of hydrogen-bond acceptors (Lipinski definition) is 6. The monoisotopic (exact) mass is 357 g/mol. The number of halogens is 1. The van der Waals surface area contributed by atoms with E-state index < -0.39 is 6.23 Å². The fraction of sp³-hybridized carbons (Fsp3) is 0.176. The van der Waals surface area contributed by atoms with E-state index >= 15 is 0 Å². The fourth-order valence-electron chi connectivity index (χ4n) is 2.26. The van der Waals surface area contributed by atoms with Crippen LogP contribution < -0.4 is 10.9 Å². The van der Waals surface area contributed by atoms with Crippen molar-refractivity contribution in [2.24, 2.45) is 7.05 Å². The first kappa shape index (κ1) is 17.1. The van der Waals surface area contributed by atoms with Gasteiger partial charge in [-0.25, -0.2) is 4.68 Å². The van der Waals surface area contributed by atoms with Gasteiger partial charge in [0.25, 0.3) is 5.56 Å². The molecule has 8 heteroatoms. The number of nitrogens with one attached hydrogen (secondary N) is 1. The summed E-state index contributed by atoms with van der Waals surface area (Å²) in [6.45, 7) is 0. The van der Waals surface area contributed by atoms with Gasteiger partial charge in [-0.05, 0) is 35.9 Å². The molecule has 0 radical (unpaired) electrons. The Morgan fingerprint density at radius 2 is 2.04 bits per heavy atom. The van der Waals surface area contributed by atoms with Crippen molar-refractivity contribution in [1.82, 2.24) is 20.0 Å². The predicted octanol–water partition coefficient (Wildman–Crippen LogP) is 1.92. The van der Waals surface area contributed by atoms with Crippen LogP contribution in [0.1, 0.15) is 23.2 Å². The van der Waals surface area contributed by atoms with E-state index in [9.17, 15) is 9.90 Å². The van der Waals surface area contributed by atoms with E-state index in [1.165, 1.54) is 23.9 Å². The number of aliphatic hydroxyl groups excluding tert-OH is 1. The van der Waals surface area contributed by atoms with Gasteiger partial charge in [-0.3, -0.25) is 4.79 Å². The SMILES string of the molecule is Cn1nc(NC(O)c2ccc(Cc3cccc(Cl)c3)nn2)ccc1=O. The number of hydrogen-bond donors (Lipinski definition) is 2. The van der Waals surface area contributed by atoms with Crippen LogP contribution >= 0.6 is 11.6 Å². The molecule has 0 aliphatic carbocycles. The highest BCUT2D eigenvalue weighted by atomic mass is 35.5. The summed E-state index contributed by atoms with van der Waals surface area (Å²) in [6.07, 6.45) is -0.489. The molecule has 25 heavy (non-hydrogen) atoms. The van der Waals surface area contributed by atoms with Crippen molar-refractivity contribution in [3.63, 3.8) is 0 Å². The average Bonchev–Trinajstić information content (AvgIpc) is 2.59.